The molecule has 5 nitrogen and oxygen atoms in total. The van der Waals surface area contributed by atoms with Gasteiger partial charge in [-0.1, -0.05) is 26.7 Å². The van der Waals surface area contributed by atoms with Gasteiger partial charge in [0.1, 0.15) is 18.2 Å². The van der Waals surface area contributed by atoms with Gasteiger partial charge in [0.25, 0.3) is 0 Å². The highest BCUT2D eigenvalue weighted by molar-refractivity contribution is 5.82. The third-order valence-corrected chi connectivity index (χ3v) is 3.78. The highest BCUT2D eigenvalue weighted by atomic mass is 16.5. The smallest absolute Gasteiger partial charge is 0.325 e. The van der Waals surface area contributed by atoms with Gasteiger partial charge < -0.3 is 9.47 Å². The van der Waals surface area contributed by atoms with Crippen molar-refractivity contribution < 1.29 is 19.1 Å². The lowest BCUT2D eigenvalue weighted by molar-refractivity contribution is -0.165. The number of carbonyl (C=O) groups excluding carboxylic acids is 2. The number of nitrogens with one attached hydrogen (secondary N) is 1. The van der Waals surface area contributed by atoms with E-state index in [1.165, 1.54) is 0 Å². The van der Waals surface area contributed by atoms with Crippen LogP contribution in [-0.2, 0) is 19.1 Å². The van der Waals surface area contributed by atoms with E-state index in [-0.39, 0.29) is 24.5 Å². The number of hydrogen-bond donors (Lipinski definition) is 1. The lowest BCUT2D eigenvalue weighted by Crippen LogP contribution is -2.66. The molecule has 1 heterocycles. The number of rotatable bonds is 8. The molecule has 0 aliphatic carbocycles. The number of ketones is 1. The van der Waals surface area contributed by atoms with E-state index >= 15 is 0 Å². The lowest BCUT2D eigenvalue weighted by Gasteiger charge is -2.42. The zero-order chi connectivity index (χ0) is 16.1. The molecule has 122 valence electrons. The second-order valence-electron chi connectivity index (χ2n) is 6.65. The van der Waals surface area contributed by atoms with Crippen LogP contribution >= 0.6 is 0 Å². The molecule has 1 aliphatic rings. The Kier molecular flexibility index (Phi) is 6.35. The molecule has 0 aromatic rings. The molecular weight excluding hydrogens is 270 g/mol. The fourth-order valence-corrected chi connectivity index (χ4v) is 2.56. The Bertz CT molecular complexity index is 380. The van der Waals surface area contributed by atoms with Gasteiger partial charge in [-0.3, -0.25) is 14.9 Å². The van der Waals surface area contributed by atoms with E-state index in [0.29, 0.717) is 13.0 Å². The quantitative estimate of drug-likeness (QED) is 0.696. The minimum Gasteiger partial charge on any atom is -0.462 e. The van der Waals surface area contributed by atoms with Crippen LogP contribution in [0.5, 0.6) is 0 Å². The zero-order valence-electron chi connectivity index (χ0n) is 14.0. The molecule has 5 heteroatoms. The summed E-state index contributed by atoms with van der Waals surface area (Å²) in [6.07, 6.45) is 2.90. The molecule has 0 spiro atoms. The van der Waals surface area contributed by atoms with Crippen molar-refractivity contribution in [2.24, 2.45) is 0 Å². The first-order valence-corrected chi connectivity index (χ1v) is 7.85. The molecule has 0 aromatic heterocycles. The normalized spacial score (nSPS) is 26.2. The molecule has 0 amide bonds. The summed E-state index contributed by atoms with van der Waals surface area (Å²) in [6, 6.07) is 0. The molecule has 0 saturated carbocycles. The van der Waals surface area contributed by atoms with Crippen molar-refractivity contribution in [1.29, 1.82) is 0 Å². The van der Waals surface area contributed by atoms with Crippen molar-refractivity contribution in [2.75, 3.05) is 13.2 Å². The van der Waals surface area contributed by atoms with E-state index in [4.69, 9.17) is 9.47 Å². The molecule has 1 rings (SSSR count). The summed E-state index contributed by atoms with van der Waals surface area (Å²) in [5.74, 6) is -0.119. The molecule has 1 aliphatic heterocycles. The second-order valence-corrected chi connectivity index (χ2v) is 6.65. The summed E-state index contributed by atoms with van der Waals surface area (Å²) >= 11 is 0. The van der Waals surface area contributed by atoms with E-state index < -0.39 is 11.1 Å². The Morgan fingerprint density at radius 2 is 2.05 bits per heavy atom. The summed E-state index contributed by atoms with van der Waals surface area (Å²) in [5.41, 5.74) is -1.19. The molecule has 2 atom stereocenters. The fourth-order valence-electron chi connectivity index (χ4n) is 2.56. The van der Waals surface area contributed by atoms with Crippen LogP contribution in [-0.4, -0.2) is 42.1 Å². The Morgan fingerprint density at radius 3 is 2.57 bits per heavy atom. The van der Waals surface area contributed by atoms with Crippen LogP contribution < -0.4 is 5.32 Å². The number of cyclic esters (lactones) is 1. The molecule has 21 heavy (non-hydrogen) atoms. The maximum Gasteiger partial charge on any atom is 0.325 e. The van der Waals surface area contributed by atoms with Crippen LogP contribution in [0.4, 0.5) is 0 Å². The minimum absolute atomic E-state index is 0.138. The first kappa shape index (κ1) is 18.1. The molecule has 0 bridgehead atoms. The van der Waals surface area contributed by atoms with Crippen LogP contribution in [0.3, 0.4) is 0 Å². The highest BCUT2D eigenvalue weighted by Crippen LogP contribution is 2.21. The molecule has 0 aromatic carbocycles. The van der Waals surface area contributed by atoms with Crippen molar-refractivity contribution in [3.05, 3.63) is 0 Å². The average Bonchev–Trinajstić information content (AvgIpc) is 2.42. The van der Waals surface area contributed by atoms with Crippen molar-refractivity contribution in [2.45, 2.75) is 77.5 Å². The van der Waals surface area contributed by atoms with E-state index in [1.807, 2.05) is 13.8 Å². The Labute approximate surface area is 127 Å². The predicted octanol–water partition coefficient (Wildman–Crippen LogP) is 2.22. The summed E-state index contributed by atoms with van der Waals surface area (Å²) in [6.45, 7) is 10.1. The van der Waals surface area contributed by atoms with Gasteiger partial charge in [-0.05, 0) is 27.2 Å². The van der Waals surface area contributed by atoms with Crippen LogP contribution in [0, 0.1) is 0 Å². The van der Waals surface area contributed by atoms with Crippen LogP contribution in [0.25, 0.3) is 0 Å². The number of carbonyl (C=O) groups is 2. The number of morpholine rings is 1. The molecule has 1 N–H and O–H groups in total. The van der Waals surface area contributed by atoms with Crippen LogP contribution in [0.15, 0.2) is 0 Å². The van der Waals surface area contributed by atoms with Gasteiger partial charge in [-0.15, -0.1) is 0 Å². The minimum atomic E-state index is -0.732. The molecule has 0 radical (unpaired) electrons. The van der Waals surface area contributed by atoms with Crippen molar-refractivity contribution in [3.8, 4) is 0 Å². The SMILES string of the molecule is CCCCC(OCC1(C)COC(=O)C(C)(C)N1)C(=O)CC. The van der Waals surface area contributed by atoms with Crippen molar-refractivity contribution >= 4 is 11.8 Å². The third-order valence-electron chi connectivity index (χ3n) is 3.78. The van der Waals surface area contributed by atoms with Crippen molar-refractivity contribution in [1.82, 2.24) is 5.32 Å². The van der Waals surface area contributed by atoms with E-state index in [1.54, 1.807) is 13.8 Å². The van der Waals surface area contributed by atoms with Gasteiger partial charge in [0.15, 0.2) is 5.78 Å². The number of esters is 1. The Balaban J connectivity index is 2.61. The largest absolute Gasteiger partial charge is 0.462 e. The van der Waals surface area contributed by atoms with Gasteiger partial charge in [-0.2, -0.15) is 0 Å². The summed E-state index contributed by atoms with van der Waals surface area (Å²) in [4.78, 5) is 23.6. The predicted molar refractivity (Wildman–Crippen MR) is 81.1 cm³/mol. The zero-order valence-corrected chi connectivity index (χ0v) is 14.0. The second kappa shape index (κ2) is 7.36. The molecular formula is C16H29NO4. The van der Waals surface area contributed by atoms with Gasteiger partial charge in [0.05, 0.1) is 12.1 Å². The first-order valence-electron chi connectivity index (χ1n) is 7.85. The van der Waals surface area contributed by atoms with E-state index in [9.17, 15) is 9.59 Å². The van der Waals surface area contributed by atoms with E-state index in [2.05, 4.69) is 12.2 Å². The Hall–Kier alpha value is -0.940. The number of unbranched alkanes of at least 4 members (excludes halogenated alkanes) is 1. The van der Waals surface area contributed by atoms with Gasteiger partial charge in [0, 0.05) is 6.42 Å². The third kappa shape index (κ3) is 5.08. The lowest BCUT2D eigenvalue weighted by atomic mass is 9.94. The van der Waals surface area contributed by atoms with E-state index in [0.717, 1.165) is 19.3 Å². The molecule has 1 fully saturated rings. The van der Waals surface area contributed by atoms with Crippen molar-refractivity contribution in [3.63, 3.8) is 0 Å². The fraction of sp³-hybridized carbons (Fsp3) is 0.875. The topological polar surface area (TPSA) is 64.6 Å². The summed E-state index contributed by atoms with van der Waals surface area (Å²) in [7, 11) is 0. The maximum absolute atomic E-state index is 11.9. The Morgan fingerprint density at radius 1 is 1.38 bits per heavy atom. The molecule has 1 saturated heterocycles. The maximum atomic E-state index is 11.9. The standard InChI is InChI=1S/C16H29NO4/c1-6-8-9-13(12(18)7-2)20-10-16(5)11-21-14(19)15(3,4)17-16/h13,17H,6-11H2,1-5H3. The van der Waals surface area contributed by atoms with Crippen LogP contribution in [0.2, 0.25) is 0 Å². The molecule has 2 unspecified atom stereocenters. The number of ether oxygens (including phenoxy) is 2. The van der Waals surface area contributed by atoms with Gasteiger partial charge >= 0.3 is 5.97 Å². The van der Waals surface area contributed by atoms with Gasteiger partial charge in [0.2, 0.25) is 0 Å². The monoisotopic (exact) mass is 299 g/mol. The average molecular weight is 299 g/mol. The summed E-state index contributed by atoms with van der Waals surface area (Å²) < 4.78 is 11.1. The van der Waals surface area contributed by atoms with Gasteiger partial charge in [-0.25, -0.2) is 0 Å². The number of hydrogen-bond acceptors (Lipinski definition) is 5. The highest BCUT2D eigenvalue weighted by Gasteiger charge is 2.43. The summed E-state index contributed by atoms with van der Waals surface area (Å²) in [5, 5.41) is 3.28. The number of Topliss-reactive ketones (excluding diaryl/α,β-unsaturated/α-hetero) is 1. The first-order chi connectivity index (χ1) is 9.74. The van der Waals surface area contributed by atoms with Crippen LogP contribution in [0.1, 0.15) is 60.3 Å².